The van der Waals surface area contributed by atoms with Crippen molar-refractivity contribution in [1.82, 2.24) is 4.57 Å². The summed E-state index contributed by atoms with van der Waals surface area (Å²) in [7, 11) is 0. The van der Waals surface area contributed by atoms with E-state index in [1.54, 1.807) is 47.7 Å². The Kier molecular flexibility index (Phi) is 12.1. The van der Waals surface area contributed by atoms with Crippen LogP contribution in [0.2, 0.25) is 0 Å². The van der Waals surface area contributed by atoms with Crippen LogP contribution in [0.4, 0.5) is 0 Å². The molecule has 2 aliphatic heterocycles. The summed E-state index contributed by atoms with van der Waals surface area (Å²) in [6.45, 7) is 7.89. The number of ether oxygens (including phenoxy) is 4. The maximum absolute atomic E-state index is 6.33. The second-order valence-corrected chi connectivity index (χ2v) is 16.0. The zero-order chi connectivity index (χ0) is 35.0. The van der Waals surface area contributed by atoms with Crippen molar-refractivity contribution in [2.24, 2.45) is 0 Å². The first-order valence-corrected chi connectivity index (χ1v) is 21.2. The maximum Gasteiger partial charge on any atom is 0.189 e. The van der Waals surface area contributed by atoms with Crippen molar-refractivity contribution in [3.63, 3.8) is 0 Å². The fourth-order valence-corrected chi connectivity index (χ4v) is 9.88. The molecule has 5 aromatic rings. The smallest absolute Gasteiger partial charge is 0.189 e. The molecule has 0 saturated heterocycles. The SMILES string of the molecule is CCCCCCCCn1c2ccc(CCCCCC)cc2c2cc(CCCCCC)c(-c3sc(-c4scc5c4OC=CO5)c4c3OC=CO4)cc21. The van der Waals surface area contributed by atoms with Crippen molar-refractivity contribution >= 4 is 44.5 Å². The Labute approximate surface area is 311 Å². The molecule has 0 saturated carbocycles. The lowest BCUT2D eigenvalue weighted by molar-refractivity contribution is 0.363. The van der Waals surface area contributed by atoms with Gasteiger partial charge in [-0.25, -0.2) is 0 Å². The number of hydrogen-bond acceptors (Lipinski definition) is 6. The van der Waals surface area contributed by atoms with Crippen molar-refractivity contribution in [3.05, 3.63) is 71.9 Å². The van der Waals surface area contributed by atoms with Gasteiger partial charge in [-0.2, -0.15) is 0 Å². The molecule has 3 aromatic heterocycles. The molecule has 5 heterocycles. The second kappa shape index (κ2) is 17.2. The van der Waals surface area contributed by atoms with Gasteiger partial charge in [-0.05, 0) is 67.5 Å². The molecule has 270 valence electrons. The summed E-state index contributed by atoms with van der Waals surface area (Å²) in [5.41, 5.74) is 6.77. The number of aromatic nitrogens is 1. The van der Waals surface area contributed by atoms with Gasteiger partial charge in [0, 0.05) is 39.3 Å². The van der Waals surface area contributed by atoms with E-state index in [0.29, 0.717) is 0 Å². The number of fused-ring (bicyclic) bond motifs is 5. The molecule has 7 rings (SSSR count). The molecule has 0 radical (unpaired) electrons. The van der Waals surface area contributed by atoms with Crippen LogP contribution in [0.15, 0.2) is 60.8 Å². The minimum absolute atomic E-state index is 0.732. The molecule has 2 aromatic carbocycles. The molecule has 7 heteroatoms. The van der Waals surface area contributed by atoms with E-state index in [-0.39, 0.29) is 0 Å². The van der Waals surface area contributed by atoms with Gasteiger partial charge in [-0.15, -0.1) is 22.7 Å². The van der Waals surface area contributed by atoms with Gasteiger partial charge >= 0.3 is 0 Å². The Morgan fingerprint density at radius 1 is 0.549 bits per heavy atom. The van der Waals surface area contributed by atoms with Crippen LogP contribution in [-0.4, -0.2) is 4.57 Å². The van der Waals surface area contributed by atoms with Crippen LogP contribution in [0.5, 0.6) is 23.0 Å². The van der Waals surface area contributed by atoms with Gasteiger partial charge in [-0.1, -0.05) is 97.5 Å². The van der Waals surface area contributed by atoms with E-state index in [1.807, 2.05) is 5.38 Å². The fourth-order valence-electron chi connectivity index (χ4n) is 7.61. The summed E-state index contributed by atoms with van der Waals surface area (Å²) in [6.07, 6.45) is 26.4. The number of hydrogen-bond donors (Lipinski definition) is 0. The Morgan fingerprint density at radius 3 is 1.94 bits per heavy atom. The highest BCUT2D eigenvalue weighted by Gasteiger charge is 2.31. The topological polar surface area (TPSA) is 41.9 Å². The average Bonchev–Trinajstić information content (AvgIpc) is 3.85. The van der Waals surface area contributed by atoms with Crippen LogP contribution in [0.1, 0.15) is 122 Å². The minimum atomic E-state index is 0.732. The highest BCUT2D eigenvalue weighted by molar-refractivity contribution is 7.24. The molecule has 0 unspecified atom stereocenters. The summed E-state index contributed by atoms with van der Waals surface area (Å²) in [5, 5.41) is 4.79. The number of benzene rings is 2. The summed E-state index contributed by atoms with van der Waals surface area (Å²) in [5.74, 6) is 3.00. The lowest BCUT2D eigenvalue weighted by Gasteiger charge is -2.15. The van der Waals surface area contributed by atoms with E-state index in [9.17, 15) is 0 Å². The summed E-state index contributed by atoms with van der Waals surface area (Å²) in [4.78, 5) is 3.11. The molecule has 2 aliphatic rings. The van der Waals surface area contributed by atoms with Crippen LogP contribution in [-0.2, 0) is 19.4 Å². The molecular weight excluding hydrogens is 671 g/mol. The van der Waals surface area contributed by atoms with E-state index < -0.39 is 0 Å². The molecule has 0 aliphatic carbocycles. The van der Waals surface area contributed by atoms with Crippen LogP contribution in [0, 0.1) is 0 Å². The summed E-state index contributed by atoms with van der Waals surface area (Å²) in [6, 6.07) is 12.3. The van der Waals surface area contributed by atoms with E-state index >= 15 is 0 Å². The number of thiophene rings is 2. The first-order chi connectivity index (χ1) is 25.2. The number of unbranched alkanes of at least 4 members (excludes halogenated alkanes) is 11. The highest BCUT2D eigenvalue weighted by Crippen LogP contribution is 2.59. The molecular formula is C44H53NO4S2. The zero-order valence-electron chi connectivity index (χ0n) is 30.7. The molecule has 0 amide bonds. The average molecular weight is 724 g/mol. The van der Waals surface area contributed by atoms with Gasteiger partial charge in [-0.3, -0.25) is 0 Å². The Hall–Kier alpha value is -3.68. The molecule has 0 spiro atoms. The molecule has 0 bridgehead atoms. The third-order valence-electron chi connectivity index (χ3n) is 10.4. The van der Waals surface area contributed by atoms with E-state index in [0.717, 1.165) is 57.0 Å². The van der Waals surface area contributed by atoms with Gasteiger partial charge in [0.1, 0.15) is 25.0 Å². The summed E-state index contributed by atoms with van der Waals surface area (Å²) >= 11 is 3.35. The Morgan fingerprint density at radius 2 is 1.18 bits per heavy atom. The van der Waals surface area contributed by atoms with E-state index in [1.165, 1.54) is 128 Å². The van der Waals surface area contributed by atoms with Crippen LogP contribution >= 0.6 is 22.7 Å². The van der Waals surface area contributed by atoms with Crippen LogP contribution < -0.4 is 18.9 Å². The fraction of sp³-hybridized carbons (Fsp3) is 0.455. The molecule has 0 N–H and O–H groups in total. The number of rotatable bonds is 19. The molecule has 5 nitrogen and oxygen atoms in total. The van der Waals surface area contributed by atoms with Crippen LogP contribution in [0.25, 0.3) is 42.0 Å². The molecule has 0 atom stereocenters. The minimum Gasteiger partial charge on any atom is -0.457 e. The predicted octanol–water partition coefficient (Wildman–Crippen LogP) is 14.3. The van der Waals surface area contributed by atoms with E-state index in [2.05, 4.69) is 55.7 Å². The third-order valence-corrected chi connectivity index (χ3v) is 12.6. The zero-order valence-corrected chi connectivity index (χ0v) is 32.3. The summed E-state index contributed by atoms with van der Waals surface area (Å²) < 4.78 is 26.9. The van der Waals surface area contributed by atoms with Gasteiger partial charge in [0.15, 0.2) is 23.0 Å². The highest BCUT2D eigenvalue weighted by atomic mass is 32.1. The standard InChI is InChI=1S/C44H53NO4S2/c1-4-7-10-13-14-17-22-45-36-21-20-31(18-15-11-8-5-2)27-34(36)35-28-32(19-16-12-9-6-3)33(29-37(35)45)42-40-41(49-26-25-48-40)44(51-42)43-39-38(30-50-43)46-23-24-47-39/h20-21,23-30H,4-19,22H2,1-3H3. The van der Waals surface area contributed by atoms with E-state index in [4.69, 9.17) is 18.9 Å². The van der Waals surface area contributed by atoms with Crippen molar-refractivity contribution < 1.29 is 18.9 Å². The Balaban J connectivity index is 1.35. The lowest BCUT2D eigenvalue weighted by Crippen LogP contribution is -2.00. The monoisotopic (exact) mass is 723 g/mol. The predicted molar refractivity (Wildman–Crippen MR) is 216 cm³/mol. The van der Waals surface area contributed by atoms with Crippen molar-refractivity contribution in [1.29, 1.82) is 0 Å². The number of nitrogens with zero attached hydrogens (tertiary/aromatic N) is 1. The van der Waals surface area contributed by atoms with Gasteiger partial charge in [0.05, 0.1) is 14.6 Å². The van der Waals surface area contributed by atoms with Crippen LogP contribution in [0.3, 0.4) is 0 Å². The maximum atomic E-state index is 6.33. The Bertz CT molecular complexity index is 1990. The number of aryl methyl sites for hydroxylation is 3. The van der Waals surface area contributed by atoms with Crippen molar-refractivity contribution in [2.75, 3.05) is 0 Å². The first-order valence-electron chi connectivity index (χ1n) is 19.5. The molecule has 51 heavy (non-hydrogen) atoms. The normalized spacial score (nSPS) is 13.2. The first kappa shape index (κ1) is 35.7. The second-order valence-electron chi connectivity index (χ2n) is 14.1. The molecule has 0 fully saturated rings. The van der Waals surface area contributed by atoms with Gasteiger partial charge < -0.3 is 23.5 Å². The van der Waals surface area contributed by atoms with Gasteiger partial charge in [0.25, 0.3) is 0 Å². The van der Waals surface area contributed by atoms with Crippen molar-refractivity contribution in [3.8, 4) is 43.2 Å². The lowest BCUT2D eigenvalue weighted by atomic mass is 9.96. The largest absolute Gasteiger partial charge is 0.457 e. The quantitative estimate of drug-likeness (QED) is 0.0796. The third kappa shape index (κ3) is 7.75. The van der Waals surface area contributed by atoms with Gasteiger partial charge in [0.2, 0.25) is 0 Å². The van der Waals surface area contributed by atoms with Crippen molar-refractivity contribution in [2.45, 2.75) is 130 Å².